The summed E-state index contributed by atoms with van der Waals surface area (Å²) in [6.07, 6.45) is 0. The number of carbonyl (C=O) groups excluding carboxylic acids is 1. The van der Waals surface area contributed by atoms with E-state index in [2.05, 4.69) is 5.16 Å². The average molecular weight is 466 g/mol. The van der Waals surface area contributed by atoms with Gasteiger partial charge in [-0.3, -0.25) is 4.79 Å². The molecular formula is C20H17Cl2N3O4S. The zero-order chi connectivity index (χ0) is 21.3. The number of hydrogen-bond acceptors (Lipinski definition) is 5. The first-order valence-corrected chi connectivity index (χ1v) is 11.3. The minimum Gasteiger partial charge on any atom is -0.355 e. The molecule has 4 rings (SSSR count). The molecule has 0 radical (unpaired) electrons. The van der Waals surface area contributed by atoms with Crippen LogP contribution in [0.25, 0.3) is 11.3 Å². The Bertz CT molecular complexity index is 1190. The third-order valence-electron chi connectivity index (χ3n) is 4.80. The van der Waals surface area contributed by atoms with Crippen LogP contribution >= 0.6 is 23.2 Å². The molecule has 1 aromatic heterocycles. The number of aromatic nitrogens is 1. The van der Waals surface area contributed by atoms with Gasteiger partial charge in [-0.1, -0.05) is 46.6 Å². The molecule has 0 bridgehead atoms. The van der Waals surface area contributed by atoms with Crippen molar-refractivity contribution in [2.45, 2.75) is 4.90 Å². The lowest BCUT2D eigenvalue weighted by Gasteiger charge is -2.33. The summed E-state index contributed by atoms with van der Waals surface area (Å²) in [6.45, 7) is 0.856. The van der Waals surface area contributed by atoms with Gasteiger partial charge in [0.1, 0.15) is 0 Å². The van der Waals surface area contributed by atoms with E-state index in [4.69, 9.17) is 27.7 Å². The van der Waals surface area contributed by atoms with Crippen molar-refractivity contribution >= 4 is 39.1 Å². The molecule has 0 saturated carbocycles. The summed E-state index contributed by atoms with van der Waals surface area (Å²) in [4.78, 5) is 14.5. The highest BCUT2D eigenvalue weighted by Crippen LogP contribution is 2.25. The molecule has 1 aliphatic rings. The largest absolute Gasteiger partial charge is 0.355 e. The van der Waals surface area contributed by atoms with Gasteiger partial charge in [0.2, 0.25) is 10.0 Å². The predicted octanol–water partition coefficient (Wildman–Crippen LogP) is 3.80. The molecule has 1 saturated heterocycles. The topological polar surface area (TPSA) is 83.7 Å². The molecule has 30 heavy (non-hydrogen) atoms. The van der Waals surface area contributed by atoms with Crippen molar-refractivity contribution in [1.29, 1.82) is 0 Å². The van der Waals surface area contributed by atoms with Crippen LogP contribution in [0.15, 0.2) is 64.0 Å². The Balaban J connectivity index is 1.44. The van der Waals surface area contributed by atoms with E-state index in [-0.39, 0.29) is 42.7 Å². The van der Waals surface area contributed by atoms with Crippen molar-refractivity contribution in [2.75, 3.05) is 26.2 Å². The number of piperazine rings is 1. The van der Waals surface area contributed by atoms with Crippen LogP contribution in [0.2, 0.25) is 10.0 Å². The first-order chi connectivity index (χ1) is 14.3. The molecule has 1 fully saturated rings. The fraction of sp³-hybridized carbons (Fsp3) is 0.200. The van der Waals surface area contributed by atoms with Gasteiger partial charge in [-0.15, -0.1) is 0 Å². The third-order valence-corrected chi connectivity index (χ3v) is 7.16. The number of carbonyl (C=O) groups is 1. The summed E-state index contributed by atoms with van der Waals surface area (Å²) < 4.78 is 32.2. The SMILES string of the molecule is O=C(c1cc(-c2cccc(Cl)c2)on1)N1CCN(S(=O)(=O)c2cccc(Cl)c2)CC1. The Morgan fingerprint density at radius 2 is 1.60 bits per heavy atom. The van der Waals surface area contributed by atoms with Crippen molar-refractivity contribution in [2.24, 2.45) is 0 Å². The van der Waals surface area contributed by atoms with E-state index in [1.165, 1.54) is 16.4 Å². The van der Waals surface area contributed by atoms with Gasteiger partial charge in [0, 0.05) is 47.9 Å². The zero-order valence-electron chi connectivity index (χ0n) is 15.7. The summed E-state index contributed by atoms with van der Waals surface area (Å²) >= 11 is 11.9. The monoisotopic (exact) mass is 465 g/mol. The second-order valence-corrected chi connectivity index (χ2v) is 9.55. The second kappa shape index (κ2) is 8.39. The van der Waals surface area contributed by atoms with Crippen LogP contribution < -0.4 is 0 Å². The van der Waals surface area contributed by atoms with Crippen LogP contribution in [0.5, 0.6) is 0 Å². The fourth-order valence-corrected chi connectivity index (χ4v) is 5.14. The maximum atomic E-state index is 12.8. The standard InChI is InChI=1S/C20H17Cl2N3O4S/c21-15-4-1-3-14(11-15)19-13-18(23-29-19)20(26)24-7-9-25(10-8-24)30(27,28)17-6-2-5-16(22)12-17/h1-6,11-13H,7-10H2. The maximum absolute atomic E-state index is 12.8. The lowest BCUT2D eigenvalue weighted by Crippen LogP contribution is -2.50. The van der Waals surface area contributed by atoms with Crippen molar-refractivity contribution in [3.63, 3.8) is 0 Å². The Kier molecular flexibility index (Phi) is 5.84. The molecule has 0 unspecified atom stereocenters. The van der Waals surface area contributed by atoms with E-state index >= 15 is 0 Å². The van der Waals surface area contributed by atoms with Crippen molar-refractivity contribution in [1.82, 2.24) is 14.4 Å². The van der Waals surface area contributed by atoms with E-state index in [0.717, 1.165) is 0 Å². The van der Waals surface area contributed by atoms with Crippen molar-refractivity contribution in [3.8, 4) is 11.3 Å². The number of benzene rings is 2. The molecule has 2 heterocycles. The normalized spacial score (nSPS) is 15.3. The van der Waals surface area contributed by atoms with Gasteiger partial charge in [0.25, 0.3) is 5.91 Å². The Morgan fingerprint density at radius 3 is 2.27 bits per heavy atom. The zero-order valence-corrected chi connectivity index (χ0v) is 18.0. The van der Waals surface area contributed by atoms with Gasteiger partial charge in [-0.2, -0.15) is 4.31 Å². The lowest BCUT2D eigenvalue weighted by molar-refractivity contribution is 0.0687. The highest BCUT2D eigenvalue weighted by Gasteiger charge is 2.31. The van der Waals surface area contributed by atoms with Crippen LogP contribution in [0.1, 0.15) is 10.5 Å². The number of amides is 1. The molecule has 1 aliphatic heterocycles. The van der Waals surface area contributed by atoms with E-state index in [1.807, 2.05) is 0 Å². The Morgan fingerprint density at radius 1 is 0.933 bits per heavy atom. The summed E-state index contributed by atoms with van der Waals surface area (Å²) in [5, 5.41) is 4.77. The van der Waals surface area contributed by atoms with Gasteiger partial charge < -0.3 is 9.42 Å². The Hall–Kier alpha value is -2.39. The van der Waals surface area contributed by atoms with Gasteiger partial charge >= 0.3 is 0 Å². The number of sulfonamides is 1. The Labute approximate surface area is 183 Å². The second-order valence-electron chi connectivity index (χ2n) is 6.74. The smallest absolute Gasteiger partial charge is 0.276 e. The molecule has 1 amide bonds. The molecule has 0 atom stereocenters. The van der Waals surface area contributed by atoms with E-state index in [9.17, 15) is 13.2 Å². The van der Waals surface area contributed by atoms with Crippen LogP contribution in [0.3, 0.4) is 0 Å². The summed E-state index contributed by atoms with van der Waals surface area (Å²) in [6, 6.07) is 14.7. The number of hydrogen-bond donors (Lipinski definition) is 0. The maximum Gasteiger partial charge on any atom is 0.276 e. The van der Waals surface area contributed by atoms with E-state index < -0.39 is 10.0 Å². The van der Waals surface area contributed by atoms with E-state index in [0.29, 0.717) is 21.4 Å². The molecule has 7 nitrogen and oxygen atoms in total. The van der Waals surface area contributed by atoms with Crippen LogP contribution in [0.4, 0.5) is 0 Å². The van der Waals surface area contributed by atoms with Gasteiger partial charge in [-0.25, -0.2) is 8.42 Å². The average Bonchev–Trinajstić information content (AvgIpc) is 3.24. The summed E-state index contributed by atoms with van der Waals surface area (Å²) in [7, 11) is -3.67. The number of nitrogens with zero attached hydrogens (tertiary/aromatic N) is 3. The quantitative estimate of drug-likeness (QED) is 0.584. The lowest BCUT2D eigenvalue weighted by atomic mass is 10.1. The van der Waals surface area contributed by atoms with Crippen molar-refractivity contribution < 1.29 is 17.7 Å². The molecule has 0 N–H and O–H groups in total. The fourth-order valence-electron chi connectivity index (χ4n) is 3.22. The molecule has 0 spiro atoms. The summed E-state index contributed by atoms with van der Waals surface area (Å²) in [5.41, 5.74) is 0.877. The van der Waals surface area contributed by atoms with Gasteiger partial charge in [-0.05, 0) is 30.3 Å². The van der Waals surface area contributed by atoms with E-state index in [1.54, 1.807) is 47.4 Å². The first-order valence-electron chi connectivity index (χ1n) is 9.12. The van der Waals surface area contributed by atoms with Gasteiger partial charge in [0.15, 0.2) is 11.5 Å². The first kappa shape index (κ1) is 20.9. The van der Waals surface area contributed by atoms with Crippen LogP contribution in [0, 0.1) is 0 Å². The highest BCUT2D eigenvalue weighted by molar-refractivity contribution is 7.89. The highest BCUT2D eigenvalue weighted by atomic mass is 35.5. The minimum atomic E-state index is -3.67. The van der Waals surface area contributed by atoms with Crippen molar-refractivity contribution in [3.05, 3.63) is 70.3 Å². The molecule has 3 aromatic rings. The number of halogens is 2. The molecule has 2 aromatic carbocycles. The predicted molar refractivity (Wildman–Crippen MR) is 113 cm³/mol. The third kappa shape index (κ3) is 4.22. The molecular weight excluding hydrogens is 449 g/mol. The molecule has 0 aliphatic carbocycles. The van der Waals surface area contributed by atoms with Gasteiger partial charge in [0.05, 0.1) is 4.90 Å². The minimum absolute atomic E-state index is 0.137. The molecule has 10 heteroatoms. The summed E-state index contributed by atoms with van der Waals surface area (Å²) in [5.74, 6) is 0.120. The molecule has 156 valence electrons. The van der Waals surface area contributed by atoms with Crippen LogP contribution in [-0.2, 0) is 10.0 Å². The number of rotatable bonds is 4. The van der Waals surface area contributed by atoms with Crippen LogP contribution in [-0.4, -0.2) is 54.9 Å².